The molecule has 22 heavy (non-hydrogen) atoms. The molecule has 1 aromatic rings. The Kier molecular flexibility index (Phi) is 4.54. The first-order valence-corrected chi connectivity index (χ1v) is 7.80. The highest BCUT2D eigenvalue weighted by molar-refractivity contribution is 5.61. The number of aryl methyl sites for hydroxylation is 1. The molecule has 2 saturated heterocycles. The number of piperazine rings is 1. The molecule has 3 rings (SSSR count). The maximum Gasteiger partial charge on any atom is 0.314 e. The van der Waals surface area contributed by atoms with Crippen molar-refractivity contribution < 1.29 is 9.66 Å². The summed E-state index contributed by atoms with van der Waals surface area (Å²) >= 11 is 0. The van der Waals surface area contributed by atoms with E-state index in [1.807, 2.05) is 4.90 Å². The van der Waals surface area contributed by atoms with Crippen LogP contribution in [0.25, 0.3) is 0 Å². The van der Waals surface area contributed by atoms with Gasteiger partial charge in [-0.3, -0.25) is 15.0 Å². The lowest BCUT2D eigenvalue weighted by atomic mass is 10.1. The molecule has 0 saturated carbocycles. The van der Waals surface area contributed by atoms with Crippen molar-refractivity contribution in [1.29, 1.82) is 0 Å². The van der Waals surface area contributed by atoms with Crippen LogP contribution in [0.5, 0.6) is 0 Å². The third-order valence-electron chi connectivity index (χ3n) is 4.50. The lowest BCUT2D eigenvalue weighted by Crippen LogP contribution is -2.48. The second kappa shape index (κ2) is 6.58. The highest BCUT2D eigenvalue weighted by Gasteiger charge is 2.28. The molecular formula is C15H22N4O3. The molecular weight excluding hydrogens is 284 g/mol. The molecule has 7 nitrogen and oxygen atoms in total. The Labute approximate surface area is 130 Å². The molecule has 2 aliphatic heterocycles. The molecule has 1 aromatic heterocycles. The van der Waals surface area contributed by atoms with Crippen LogP contribution < -0.4 is 4.90 Å². The number of anilines is 1. The van der Waals surface area contributed by atoms with E-state index in [9.17, 15) is 10.1 Å². The minimum atomic E-state index is -0.320. The van der Waals surface area contributed by atoms with Crippen molar-refractivity contribution in [3.8, 4) is 0 Å². The van der Waals surface area contributed by atoms with E-state index in [2.05, 4.69) is 9.88 Å². The lowest BCUT2D eigenvalue weighted by molar-refractivity contribution is -0.384. The van der Waals surface area contributed by atoms with Gasteiger partial charge in [0.1, 0.15) is 0 Å². The van der Waals surface area contributed by atoms with Gasteiger partial charge in [-0.2, -0.15) is 0 Å². The Balaban J connectivity index is 1.64. The van der Waals surface area contributed by atoms with Crippen molar-refractivity contribution in [2.45, 2.75) is 13.3 Å². The van der Waals surface area contributed by atoms with E-state index in [1.54, 1.807) is 19.2 Å². The summed E-state index contributed by atoms with van der Waals surface area (Å²) in [6.07, 6.45) is 2.80. The Morgan fingerprint density at radius 2 is 2.18 bits per heavy atom. The van der Waals surface area contributed by atoms with Crippen LogP contribution in [0.2, 0.25) is 0 Å². The molecule has 1 atom stereocenters. The second-order valence-corrected chi connectivity index (χ2v) is 6.07. The fourth-order valence-electron chi connectivity index (χ4n) is 3.23. The van der Waals surface area contributed by atoms with E-state index in [4.69, 9.17) is 4.74 Å². The van der Waals surface area contributed by atoms with E-state index in [1.165, 1.54) is 0 Å². The van der Waals surface area contributed by atoms with Crippen LogP contribution >= 0.6 is 0 Å². The van der Waals surface area contributed by atoms with Gasteiger partial charge in [0.05, 0.1) is 11.5 Å². The molecule has 7 heteroatoms. The maximum atomic E-state index is 11.3. The van der Waals surface area contributed by atoms with Gasteiger partial charge in [-0.15, -0.1) is 0 Å². The minimum Gasteiger partial charge on any atom is -0.381 e. The van der Waals surface area contributed by atoms with Crippen LogP contribution in [-0.4, -0.2) is 60.7 Å². The molecule has 2 fully saturated rings. The normalized spacial score (nSPS) is 23.0. The average molecular weight is 306 g/mol. The van der Waals surface area contributed by atoms with Crippen LogP contribution in [0.1, 0.15) is 12.0 Å². The van der Waals surface area contributed by atoms with Crippen LogP contribution in [0, 0.1) is 23.0 Å². The number of hydrogen-bond donors (Lipinski definition) is 0. The summed E-state index contributed by atoms with van der Waals surface area (Å²) in [7, 11) is 0. The summed E-state index contributed by atoms with van der Waals surface area (Å²) in [5.41, 5.74) is 0.806. The van der Waals surface area contributed by atoms with Crippen molar-refractivity contribution in [1.82, 2.24) is 9.88 Å². The fourth-order valence-corrected chi connectivity index (χ4v) is 3.23. The van der Waals surface area contributed by atoms with Gasteiger partial charge < -0.3 is 9.64 Å². The Bertz CT molecular complexity index is 538. The molecule has 1 unspecified atom stereocenters. The first-order valence-electron chi connectivity index (χ1n) is 7.80. The quantitative estimate of drug-likeness (QED) is 0.619. The predicted octanol–water partition coefficient (Wildman–Crippen LogP) is 1.46. The minimum absolute atomic E-state index is 0.139. The van der Waals surface area contributed by atoms with Crippen molar-refractivity contribution in [2.75, 3.05) is 50.8 Å². The second-order valence-electron chi connectivity index (χ2n) is 6.07. The average Bonchev–Trinajstić information content (AvgIpc) is 3.00. The third kappa shape index (κ3) is 3.20. The number of nitrogens with zero attached hydrogens (tertiary/aromatic N) is 4. The van der Waals surface area contributed by atoms with Gasteiger partial charge in [0.25, 0.3) is 0 Å². The monoisotopic (exact) mass is 306 g/mol. The van der Waals surface area contributed by atoms with Crippen LogP contribution in [0.15, 0.2) is 12.3 Å². The third-order valence-corrected chi connectivity index (χ3v) is 4.50. The molecule has 0 spiro atoms. The van der Waals surface area contributed by atoms with Gasteiger partial charge in [-0.25, -0.2) is 4.98 Å². The first kappa shape index (κ1) is 15.2. The lowest BCUT2D eigenvalue weighted by Gasteiger charge is -2.36. The summed E-state index contributed by atoms with van der Waals surface area (Å²) in [5, 5.41) is 11.3. The number of aromatic nitrogens is 1. The summed E-state index contributed by atoms with van der Waals surface area (Å²) < 4.78 is 5.42. The van der Waals surface area contributed by atoms with Crippen molar-refractivity contribution in [3.63, 3.8) is 0 Å². The van der Waals surface area contributed by atoms with Crippen LogP contribution in [-0.2, 0) is 4.74 Å². The van der Waals surface area contributed by atoms with Gasteiger partial charge in [0.15, 0.2) is 0 Å². The number of pyridine rings is 1. The number of nitro groups is 1. The summed E-state index contributed by atoms with van der Waals surface area (Å²) in [5.74, 6) is 1.15. The standard InChI is InChI=1S/C15H22N4O3/c1-12-2-4-16-15(14(12)19(20)21)18-7-5-17(6-8-18)10-13-3-9-22-11-13/h2,4,13H,3,5-11H2,1H3. The van der Waals surface area contributed by atoms with Crippen LogP contribution in [0.4, 0.5) is 11.5 Å². The molecule has 2 aliphatic rings. The largest absolute Gasteiger partial charge is 0.381 e. The van der Waals surface area contributed by atoms with E-state index >= 15 is 0 Å². The SMILES string of the molecule is Cc1ccnc(N2CCN(CC3CCOC3)CC2)c1[N+](=O)[O-]. The van der Waals surface area contributed by atoms with E-state index < -0.39 is 0 Å². The molecule has 120 valence electrons. The van der Waals surface area contributed by atoms with Gasteiger partial charge >= 0.3 is 5.69 Å². The molecule has 0 amide bonds. The highest BCUT2D eigenvalue weighted by Crippen LogP contribution is 2.29. The van der Waals surface area contributed by atoms with Gasteiger partial charge in [-0.05, 0) is 25.3 Å². The molecule has 0 radical (unpaired) electrons. The van der Waals surface area contributed by atoms with Crippen molar-refractivity contribution in [2.24, 2.45) is 5.92 Å². The molecule has 0 aliphatic carbocycles. The smallest absolute Gasteiger partial charge is 0.314 e. The molecule has 3 heterocycles. The van der Waals surface area contributed by atoms with E-state index in [-0.39, 0.29) is 10.6 Å². The zero-order valence-corrected chi connectivity index (χ0v) is 12.9. The summed E-state index contributed by atoms with van der Waals surface area (Å²) in [6, 6.07) is 1.69. The number of rotatable bonds is 4. The topological polar surface area (TPSA) is 71.7 Å². The Morgan fingerprint density at radius 1 is 1.41 bits per heavy atom. The van der Waals surface area contributed by atoms with Crippen molar-refractivity contribution in [3.05, 3.63) is 27.9 Å². The number of ether oxygens (including phenoxy) is 1. The predicted molar refractivity (Wildman–Crippen MR) is 83.2 cm³/mol. The summed E-state index contributed by atoms with van der Waals surface area (Å²) in [6.45, 7) is 7.98. The zero-order chi connectivity index (χ0) is 15.5. The first-order chi connectivity index (χ1) is 10.6. The zero-order valence-electron chi connectivity index (χ0n) is 12.9. The Hall–Kier alpha value is -1.73. The number of hydrogen-bond acceptors (Lipinski definition) is 6. The van der Waals surface area contributed by atoms with Gasteiger partial charge in [-0.1, -0.05) is 0 Å². The van der Waals surface area contributed by atoms with Crippen molar-refractivity contribution >= 4 is 11.5 Å². The Morgan fingerprint density at radius 3 is 2.82 bits per heavy atom. The fraction of sp³-hybridized carbons (Fsp3) is 0.667. The maximum absolute atomic E-state index is 11.3. The highest BCUT2D eigenvalue weighted by atomic mass is 16.6. The molecule has 0 bridgehead atoms. The molecule has 0 aromatic carbocycles. The summed E-state index contributed by atoms with van der Waals surface area (Å²) in [4.78, 5) is 19.7. The molecule has 0 N–H and O–H groups in total. The van der Waals surface area contributed by atoms with E-state index in [0.29, 0.717) is 17.3 Å². The van der Waals surface area contributed by atoms with E-state index in [0.717, 1.165) is 52.4 Å². The van der Waals surface area contributed by atoms with Crippen LogP contribution in [0.3, 0.4) is 0 Å². The van der Waals surface area contributed by atoms with Gasteiger partial charge in [0.2, 0.25) is 5.82 Å². The van der Waals surface area contributed by atoms with Gasteiger partial charge in [0, 0.05) is 51.1 Å².